The van der Waals surface area contributed by atoms with E-state index >= 15 is 0 Å². The largest absolute Gasteiger partial charge is 0.393 e. The van der Waals surface area contributed by atoms with Crippen LogP contribution >= 0.6 is 0 Å². The molecule has 29 heavy (non-hydrogen) atoms. The Balaban J connectivity index is 1.70. The molecular formula is C21H23F4NO3. The lowest BCUT2D eigenvalue weighted by atomic mass is 9.94. The van der Waals surface area contributed by atoms with E-state index in [-0.39, 0.29) is 36.0 Å². The molecule has 0 bridgehead atoms. The third-order valence-electron chi connectivity index (χ3n) is 5.71. The maximum Gasteiger partial charge on any atom is 0.264 e. The lowest BCUT2D eigenvalue weighted by molar-refractivity contribution is -0.0121. The zero-order valence-electron chi connectivity index (χ0n) is 15.8. The van der Waals surface area contributed by atoms with E-state index in [1.54, 1.807) is 0 Å². The highest BCUT2D eigenvalue weighted by atomic mass is 19.3. The van der Waals surface area contributed by atoms with Crippen LogP contribution in [-0.2, 0) is 11.3 Å². The number of aromatic nitrogens is 1. The summed E-state index contributed by atoms with van der Waals surface area (Å²) in [6.07, 6.45) is -1.81. The van der Waals surface area contributed by atoms with Crippen molar-refractivity contribution in [2.45, 2.75) is 76.1 Å². The van der Waals surface area contributed by atoms with Gasteiger partial charge in [-0.25, -0.2) is 17.6 Å². The number of aliphatic hydroxyl groups is 1. The van der Waals surface area contributed by atoms with Gasteiger partial charge in [-0.2, -0.15) is 0 Å². The van der Waals surface area contributed by atoms with Crippen molar-refractivity contribution in [2.75, 3.05) is 0 Å². The molecule has 1 N–H and O–H groups in total. The first-order valence-corrected chi connectivity index (χ1v) is 9.93. The molecule has 2 fully saturated rings. The fourth-order valence-corrected chi connectivity index (χ4v) is 3.96. The van der Waals surface area contributed by atoms with Gasteiger partial charge in [0.15, 0.2) is 0 Å². The average Bonchev–Trinajstić information content (AvgIpc) is 3.46. The summed E-state index contributed by atoms with van der Waals surface area (Å²) in [5.74, 6) is 0.664. The fraction of sp³-hybridized carbons (Fsp3) is 0.571. The molecule has 2 saturated carbocycles. The van der Waals surface area contributed by atoms with E-state index in [1.165, 1.54) is 6.07 Å². The van der Waals surface area contributed by atoms with E-state index in [9.17, 15) is 22.7 Å². The first-order chi connectivity index (χ1) is 14.0. The molecule has 0 spiro atoms. The first-order valence-electron chi connectivity index (χ1n) is 9.93. The van der Waals surface area contributed by atoms with E-state index in [1.807, 2.05) is 0 Å². The van der Waals surface area contributed by atoms with Gasteiger partial charge in [0.2, 0.25) is 0 Å². The van der Waals surface area contributed by atoms with Gasteiger partial charge in [0.25, 0.3) is 12.9 Å². The molecule has 4 nitrogen and oxygen atoms in total. The lowest BCUT2D eigenvalue weighted by Crippen LogP contribution is -2.24. The minimum atomic E-state index is -2.92. The van der Waals surface area contributed by atoms with Crippen molar-refractivity contribution in [1.82, 2.24) is 5.16 Å². The fourth-order valence-electron chi connectivity index (χ4n) is 3.96. The predicted molar refractivity (Wildman–Crippen MR) is 96.9 cm³/mol. The van der Waals surface area contributed by atoms with Crippen molar-refractivity contribution in [1.29, 1.82) is 0 Å². The number of hydrogen-bond acceptors (Lipinski definition) is 4. The Kier molecular flexibility index (Phi) is 5.92. The van der Waals surface area contributed by atoms with E-state index in [4.69, 9.17) is 9.26 Å². The van der Waals surface area contributed by atoms with Gasteiger partial charge in [-0.05, 0) is 38.5 Å². The van der Waals surface area contributed by atoms with E-state index in [2.05, 4.69) is 5.16 Å². The second-order valence-electron chi connectivity index (χ2n) is 7.80. The third-order valence-corrected chi connectivity index (χ3v) is 5.71. The van der Waals surface area contributed by atoms with Crippen molar-refractivity contribution in [3.05, 3.63) is 40.6 Å². The van der Waals surface area contributed by atoms with Gasteiger partial charge >= 0.3 is 0 Å². The lowest BCUT2D eigenvalue weighted by Gasteiger charge is -2.25. The minimum absolute atomic E-state index is 0.0222. The van der Waals surface area contributed by atoms with E-state index < -0.39 is 24.0 Å². The maximum absolute atomic E-state index is 13.6. The van der Waals surface area contributed by atoms with Crippen molar-refractivity contribution >= 4 is 0 Å². The Labute approximate surface area is 165 Å². The van der Waals surface area contributed by atoms with E-state index in [0.29, 0.717) is 37.0 Å². The van der Waals surface area contributed by atoms with Crippen molar-refractivity contribution < 1.29 is 31.9 Å². The van der Waals surface area contributed by atoms with Gasteiger partial charge < -0.3 is 14.4 Å². The Morgan fingerprint density at radius 1 is 1.00 bits per heavy atom. The van der Waals surface area contributed by atoms with Gasteiger partial charge in [0.05, 0.1) is 18.8 Å². The number of alkyl halides is 4. The van der Waals surface area contributed by atoms with E-state index in [0.717, 1.165) is 25.0 Å². The number of rotatable bonds is 7. The van der Waals surface area contributed by atoms with Gasteiger partial charge in [-0.1, -0.05) is 23.4 Å². The molecule has 0 unspecified atom stereocenters. The van der Waals surface area contributed by atoms with Crippen LogP contribution in [-0.4, -0.2) is 22.5 Å². The molecule has 0 amide bonds. The minimum Gasteiger partial charge on any atom is -0.393 e. The number of benzene rings is 1. The highest BCUT2D eigenvalue weighted by Crippen LogP contribution is 2.46. The zero-order valence-corrected chi connectivity index (χ0v) is 15.8. The predicted octanol–water partition coefficient (Wildman–Crippen LogP) is 5.91. The highest BCUT2D eigenvalue weighted by molar-refractivity contribution is 5.72. The van der Waals surface area contributed by atoms with Gasteiger partial charge in [0, 0.05) is 28.2 Å². The van der Waals surface area contributed by atoms with Gasteiger partial charge in [-0.15, -0.1) is 0 Å². The van der Waals surface area contributed by atoms with Gasteiger partial charge in [-0.3, -0.25) is 0 Å². The summed E-state index contributed by atoms with van der Waals surface area (Å²) >= 11 is 0. The summed E-state index contributed by atoms with van der Waals surface area (Å²) in [6, 6.07) is 3.49. The smallest absolute Gasteiger partial charge is 0.264 e. The first kappa shape index (κ1) is 20.3. The summed E-state index contributed by atoms with van der Waals surface area (Å²) in [5, 5.41) is 13.6. The molecule has 0 radical (unpaired) electrons. The number of ether oxygens (including phenoxy) is 1. The maximum atomic E-state index is 13.6. The van der Waals surface area contributed by atoms with Crippen LogP contribution in [0.2, 0.25) is 0 Å². The SMILES string of the molecule is OC1CCC(OCc2c(-c3c(C(F)F)cccc3C(F)F)noc2C2CC2)CC1. The summed E-state index contributed by atoms with van der Waals surface area (Å²) in [4.78, 5) is 0. The quantitative estimate of drug-likeness (QED) is 0.573. The Hall–Kier alpha value is -1.93. The second kappa shape index (κ2) is 8.44. The molecule has 2 aliphatic carbocycles. The molecule has 2 aromatic rings. The zero-order chi connectivity index (χ0) is 20.5. The molecule has 0 aliphatic heterocycles. The number of halogens is 4. The topological polar surface area (TPSA) is 55.5 Å². The summed E-state index contributed by atoms with van der Waals surface area (Å²) in [5.41, 5.74) is -0.727. The van der Waals surface area contributed by atoms with Crippen LogP contribution in [0.1, 0.15) is 79.7 Å². The highest BCUT2D eigenvalue weighted by Gasteiger charge is 2.35. The second-order valence-corrected chi connectivity index (χ2v) is 7.80. The molecule has 0 atom stereocenters. The van der Waals surface area contributed by atoms with Gasteiger partial charge in [0.1, 0.15) is 11.5 Å². The Bertz CT molecular complexity index is 816. The normalized spacial score (nSPS) is 22.6. The van der Waals surface area contributed by atoms with Crippen LogP contribution in [0.15, 0.2) is 22.7 Å². The molecular weight excluding hydrogens is 390 g/mol. The molecule has 1 aromatic heterocycles. The van der Waals surface area contributed by atoms with Crippen molar-refractivity contribution in [3.63, 3.8) is 0 Å². The summed E-state index contributed by atoms with van der Waals surface area (Å²) in [7, 11) is 0. The molecule has 1 aromatic carbocycles. The Morgan fingerprint density at radius 2 is 1.62 bits per heavy atom. The standard InChI is InChI=1S/C21H23F4NO3/c22-20(23)14-2-1-3-15(21(24)25)17(14)18-16(19(29-26-18)11-4-5-11)10-28-13-8-6-12(27)7-9-13/h1-3,11-13,20-21,27H,4-10H2. The van der Waals surface area contributed by atoms with Crippen molar-refractivity contribution in [2.24, 2.45) is 0 Å². The Morgan fingerprint density at radius 3 is 2.17 bits per heavy atom. The van der Waals surface area contributed by atoms with Crippen LogP contribution < -0.4 is 0 Å². The molecule has 1 heterocycles. The van der Waals surface area contributed by atoms with Crippen LogP contribution in [0, 0.1) is 0 Å². The molecule has 158 valence electrons. The third kappa shape index (κ3) is 4.33. The summed E-state index contributed by atoms with van der Waals surface area (Å²) < 4.78 is 65.9. The number of aliphatic hydroxyl groups excluding tert-OH is 1. The molecule has 8 heteroatoms. The molecule has 0 saturated heterocycles. The number of nitrogens with zero attached hydrogens (tertiary/aromatic N) is 1. The van der Waals surface area contributed by atoms with Crippen molar-refractivity contribution in [3.8, 4) is 11.3 Å². The van der Waals surface area contributed by atoms with Crippen LogP contribution in [0.3, 0.4) is 0 Å². The van der Waals surface area contributed by atoms with Crippen LogP contribution in [0.5, 0.6) is 0 Å². The molecule has 4 rings (SSSR count). The average molecular weight is 413 g/mol. The summed E-state index contributed by atoms with van der Waals surface area (Å²) in [6.45, 7) is 0.0612. The molecule has 2 aliphatic rings. The monoisotopic (exact) mass is 413 g/mol. The van der Waals surface area contributed by atoms with Crippen LogP contribution in [0.25, 0.3) is 11.3 Å². The van der Waals surface area contributed by atoms with Crippen LogP contribution in [0.4, 0.5) is 17.6 Å². The number of hydrogen-bond donors (Lipinski definition) is 1.